The summed E-state index contributed by atoms with van der Waals surface area (Å²) in [6.07, 6.45) is 3.54. The van der Waals surface area contributed by atoms with E-state index in [1.54, 1.807) is 0 Å². The molecule has 2 heteroatoms. The summed E-state index contributed by atoms with van der Waals surface area (Å²) in [5.41, 5.74) is 10.9. The Balaban J connectivity index is 3.38. The van der Waals surface area contributed by atoms with Gasteiger partial charge in [0.15, 0.2) is 0 Å². The summed E-state index contributed by atoms with van der Waals surface area (Å²) in [5, 5.41) is 0. The second-order valence-corrected chi connectivity index (χ2v) is 3.46. The molecule has 2 nitrogen and oxygen atoms in total. The molecule has 2 atom stereocenters. The van der Waals surface area contributed by atoms with Crippen LogP contribution in [0.2, 0.25) is 0 Å². The molecule has 0 fully saturated rings. The predicted molar refractivity (Wildman–Crippen MR) is 50.3 cm³/mol. The lowest BCUT2D eigenvalue weighted by Crippen LogP contribution is -2.14. The van der Waals surface area contributed by atoms with Gasteiger partial charge in [-0.1, -0.05) is 13.8 Å². The molecule has 11 heavy (non-hydrogen) atoms. The first kappa shape index (κ1) is 10.9. The Hall–Kier alpha value is -0.0800. The smallest absolute Gasteiger partial charge is 0.00746 e. The van der Waals surface area contributed by atoms with Gasteiger partial charge < -0.3 is 11.5 Å². The lowest BCUT2D eigenvalue weighted by atomic mass is 9.89. The highest BCUT2D eigenvalue weighted by atomic mass is 14.5. The molecule has 68 valence electrons. The molecule has 2 unspecified atom stereocenters. The van der Waals surface area contributed by atoms with E-state index in [2.05, 4.69) is 13.8 Å². The number of nitrogens with two attached hydrogens (primary N) is 2. The normalized spacial score (nSPS) is 16.4. The lowest BCUT2D eigenvalue weighted by Gasteiger charge is -2.18. The molecule has 0 aliphatic carbocycles. The van der Waals surface area contributed by atoms with Crippen LogP contribution in [0.4, 0.5) is 0 Å². The molecule has 0 heterocycles. The summed E-state index contributed by atoms with van der Waals surface area (Å²) < 4.78 is 0. The quantitative estimate of drug-likeness (QED) is 0.613. The maximum absolute atomic E-state index is 5.47. The van der Waals surface area contributed by atoms with E-state index in [-0.39, 0.29) is 0 Å². The van der Waals surface area contributed by atoms with Gasteiger partial charge in [-0.15, -0.1) is 0 Å². The van der Waals surface area contributed by atoms with E-state index in [9.17, 15) is 0 Å². The van der Waals surface area contributed by atoms with Gasteiger partial charge in [0.25, 0.3) is 0 Å². The van der Waals surface area contributed by atoms with Crippen molar-refractivity contribution in [3.05, 3.63) is 0 Å². The van der Waals surface area contributed by atoms with E-state index in [4.69, 9.17) is 11.5 Å². The van der Waals surface area contributed by atoms with Crippen LogP contribution in [-0.2, 0) is 0 Å². The van der Waals surface area contributed by atoms with Gasteiger partial charge in [0.05, 0.1) is 0 Å². The summed E-state index contributed by atoms with van der Waals surface area (Å²) in [7, 11) is 0. The molecule has 0 saturated heterocycles. The third kappa shape index (κ3) is 5.22. The number of rotatable bonds is 6. The second-order valence-electron chi connectivity index (χ2n) is 3.46. The standard InChI is InChI=1S/C9H22N2/c1-8(4-3-6-10)9(2)5-7-11/h8-9H,3-7,10-11H2,1-2H3. The van der Waals surface area contributed by atoms with Gasteiger partial charge in [0.2, 0.25) is 0 Å². The Morgan fingerprint density at radius 3 is 1.91 bits per heavy atom. The van der Waals surface area contributed by atoms with Gasteiger partial charge >= 0.3 is 0 Å². The summed E-state index contributed by atoms with van der Waals surface area (Å²) in [4.78, 5) is 0. The van der Waals surface area contributed by atoms with Gasteiger partial charge in [-0.3, -0.25) is 0 Å². The maximum atomic E-state index is 5.47. The minimum absolute atomic E-state index is 0.756. The molecule has 0 aromatic rings. The van der Waals surface area contributed by atoms with Crippen molar-refractivity contribution in [1.29, 1.82) is 0 Å². The first-order valence-electron chi connectivity index (χ1n) is 4.62. The zero-order valence-corrected chi connectivity index (χ0v) is 7.84. The monoisotopic (exact) mass is 158 g/mol. The van der Waals surface area contributed by atoms with E-state index < -0.39 is 0 Å². The molecule has 0 aromatic carbocycles. The van der Waals surface area contributed by atoms with Crippen LogP contribution in [0, 0.1) is 11.8 Å². The Bertz CT molecular complexity index is 83.6. The fraction of sp³-hybridized carbons (Fsp3) is 1.00. The van der Waals surface area contributed by atoms with Gasteiger partial charge in [-0.25, -0.2) is 0 Å². The Kier molecular flexibility index (Phi) is 6.57. The SMILES string of the molecule is CC(CCN)C(C)CCCN. The molecular formula is C9H22N2. The minimum Gasteiger partial charge on any atom is -0.330 e. The molecule has 0 aliphatic heterocycles. The molecule has 0 aromatic heterocycles. The maximum Gasteiger partial charge on any atom is -0.00746 e. The zero-order chi connectivity index (χ0) is 8.69. The van der Waals surface area contributed by atoms with E-state index >= 15 is 0 Å². The Morgan fingerprint density at radius 2 is 1.45 bits per heavy atom. The second kappa shape index (κ2) is 6.62. The summed E-state index contributed by atoms with van der Waals surface area (Å²) >= 11 is 0. The van der Waals surface area contributed by atoms with E-state index in [0.717, 1.165) is 37.8 Å². The van der Waals surface area contributed by atoms with Crippen molar-refractivity contribution in [2.24, 2.45) is 23.3 Å². The Morgan fingerprint density at radius 1 is 0.909 bits per heavy atom. The van der Waals surface area contributed by atoms with Gasteiger partial charge in [0.1, 0.15) is 0 Å². The molecule has 0 bridgehead atoms. The van der Waals surface area contributed by atoms with Crippen molar-refractivity contribution < 1.29 is 0 Å². The zero-order valence-electron chi connectivity index (χ0n) is 7.84. The van der Waals surface area contributed by atoms with Crippen LogP contribution in [0.3, 0.4) is 0 Å². The lowest BCUT2D eigenvalue weighted by molar-refractivity contribution is 0.342. The van der Waals surface area contributed by atoms with Crippen molar-refractivity contribution in [2.45, 2.75) is 33.1 Å². The fourth-order valence-electron chi connectivity index (χ4n) is 1.27. The molecule has 0 rings (SSSR count). The average molecular weight is 158 g/mol. The molecule has 0 radical (unpaired) electrons. The number of hydrogen-bond donors (Lipinski definition) is 2. The van der Waals surface area contributed by atoms with Crippen LogP contribution in [0.15, 0.2) is 0 Å². The van der Waals surface area contributed by atoms with Crippen molar-refractivity contribution in [3.8, 4) is 0 Å². The summed E-state index contributed by atoms with van der Waals surface area (Å²) in [5.74, 6) is 1.54. The Labute approximate surface area is 70.3 Å². The molecule has 0 amide bonds. The minimum atomic E-state index is 0.756. The summed E-state index contributed by atoms with van der Waals surface area (Å²) in [6.45, 7) is 6.19. The average Bonchev–Trinajstić information content (AvgIpc) is 2.00. The topological polar surface area (TPSA) is 52.0 Å². The van der Waals surface area contributed by atoms with Crippen LogP contribution in [0.5, 0.6) is 0 Å². The van der Waals surface area contributed by atoms with Crippen molar-refractivity contribution in [1.82, 2.24) is 0 Å². The van der Waals surface area contributed by atoms with Gasteiger partial charge in [-0.2, -0.15) is 0 Å². The molecule has 4 N–H and O–H groups in total. The first-order chi connectivity index (χ1) is 5.22. The van der Waals surface area contributed by atoms with Crippen molar-refractivity contribution >= 4 is 0 Å². The first-order valence-corrected chi connectivity index (χ1v) is 4.62. The highest BCUT2D eigenvalue weighted by molar-refractivity contribution is 4.62. The summed E-state index contributed by atoms with van der Waals surface area (Å²) in [6, 6.07) is 0. The van der Waals surface area contributed by atoms with Crippen LogP contribution >= 0.6 is 0 Å². The van der Waals surface area contributed by atoms with Crippen LogP contribution in [0.25, 0.3) is 0 Å². The molecule has 0 spiro atoms. The van der Waals surface area contributed by atoms with Gasteiger partial charge in [-0.05, 0) is 44.2 Å². The van der Waals surface area contributed by atoms with Crippen LogP contribution < -0.4 is 11.5 Å². The molecule has 0 saturated carbocycles. The third-order valence-corrected chi connectivity index (χ3v) is 2.46. The van der Waals surface area contributed by atoms with E-state index in [1.807, 2.05) is 0 Å². The third-order valence-electron chi connectivity index (χ3n) is 2.46. The molecular weight excluding hydrogens is 136 g/mol. The highest BCUT2D eigenvalue weighted by Gasteiger charge is 2.09. The van der Waals surface area contributed by atoms with Crippen LogP contribution in [-0.4, -0.2) is 13.1 Å². The highest BCUT2D eigenvalue weighted by Crippen LogP contribution is 2.18. The molecule has 0 aliphatic rings. The van der Waals surface area contributed by atoms with E-state index in [1.165, 1.54) is 6.42 Å². The van der Waals surface area contributed by atoms with Crippen LogP contribution in [0.1, 0.15) is 33.1 Å². The van der Waals surface area contributed by atoms with Gasteiger partial charge in [0, 0.05) is 0 Å². The number of hydrogen-bond acceptors (Lipinski definition) is 2. The van der Waals surface area contributed by atoms with E-state index in [0.29, 0.717) is 0 Å². The fourth-order valence-corrected chi connectivity index (χ4v) is 1.27. The van der Waals surface area contributed by atoms with Crippen molar-refractivity contribution in [3.63, 3.8) is 0 Å². The largest absolute Gasteiger partial charge is 0.330 e. The predicted octanol–water partition coefficient (Wildman–Crippen LogP) is 1.35. The van der Waals surface area contributed by atoms with Crippen molar-refractivity contribution in [2.75, 3.05) is 13.1 Å².